The second kappa shape index (κ2) is 73.3. The van der Waals surface area contributed by atoms with Gasteiger partial charge < -0.3 is 33.8 Å². The van der Waals surface area contributed by atoms with Crippen molar-refractivity contribution in [3.63, 3.8) is 0 Å². The van der Waals surface area contributed by atoms with Crippen molar-refractivity contribution in [2.45, 2.75) is 354 Å². The van der Waals surface area contributed by atoms with E-state index in [4.69, 9.17) is 37.0 Å². The van der Waals surface area contributed by atoms with Gasteiger partial charge in [0.25, 0.3) is 0 Å². The fraction of sp³-hybridized carbons (Fsp3) is 0.753. The molecule has 19 heteroatoms. The van der Waals surface area contributed by atoms with Gasteiger partial charge in [-0.2, -0.15) is 0 Å². The van der Waals surface area contributed by atoms with Gasteiger partial charge in [0.05, 0.1) is 26.4 Å². The summed E-state index contributed by atoms with van der Waals surface area (Å²) in [6.45, 7) is 4.61. The van der Waals surface area contributed by atoms with Crippen molar-refractivity contribution in [3.05, 3.63) is 97.2 Å². The Morgan fingerprint density at radius 3 is 0.840 bits per heavy atom. The van der Waals surface area contributed by atoms with Crippen LogP contribution in [0.15, 0.2) is 97.2 Å². The molecule has 17 nitrogen and oxygen atoms in total. The highest BCUT2D eigenvalue weighted by Crippen LogP contribution is 2.45. The summed E-state index contributed by atoms with van der Waals surface area (Å²) in [5, 5.41) is 10.6. The van der Waals surface area contributed by atoms with Crippen LogP contribution in [-0.2, 0) is 65.4 Å². The molecule has 5 atom stereocenters. The van der Waals surface area contributed by atoms with Crippen LogP contribution in [0, 0.1) is 0 Å². The third-order valence-electron chi connectivity index (χ3n) is 16.5. The van der Waals surface area contributed by atoms with Crippen LogP contribution in [0.2, 0.25) is 0 Å². The number of aliphatic hydroxyl groups excluding tert-OH is 1. The van der Waals surface area contributed by atoms with Gasteiger partial charge >= 0.3 is 39.5 Å². The second-order valence-electron chi connectivity index (χ2n) is 26.2. The number of allylic oxidation sites excluding steroid dienone is 16. The Morgan fingerprint density at radius 1 is 0.290 bits per heavy atom. The van der Waals surface area contributed by atoms with Gasteiger partial charge in [0.2, 0.25) is 0 Å². The number of carbonyl (C=O) groups excluding carboxylic acids is 4. The molecule has 0 aliphatic heterocycles. The summed E-state index contributed by atoms with van der Waals surface area (Å²) in [4.78, 5) is 72.9. The van der Waals surface area contributed by atoms with Crippen molar-refractivity contribution in [2.24, 2.45) is 0 Å². The molecule has 0 spiro atoms. The van der Waals surface area contributed by atoms with E-state index in [0.29, 0.717) is 25.7 Å². The zero-order chi connectivity index (χ0) is 73.2. The number of carbonyl (C=O) groups is 4. The van der Waals surface area contributed by atoms with Gasteiger partial charge in [0.15, 0.2) is 12.2 Å². The van der Waals surface area contributed by atoms with Crippen molar-refractivity contribution < 1.29 is 80.2 Å². The highest BCUT2D eigenvalue weighted by atomic mass is 31.2. The van der Waals surface area contributed by atoms with Crippen LogP contribution in [0.4, 0.5) is 0 Å². The monoisotopic (exact) mass is 1450 g/mol. The number of rotatable bonds is 74. The summed E-state index contributed by atoms with van der Waals surface area (Å²) in [5.74, 6) is -2.19. The van der Waals surface area contributed by atoms with E-state index in [-0.39, 0.29) is 25.7 Å². The first-order chi connectivity index (χ1) is 48.7. The van der Waals surface area contributed by atoms with E-state index >= 15 is 0 Å². The molecule has 0 saturated heterocycles. The molecule has 0 aliphatic rings. The molecule has 3 N–H and O–H groups in total. The van der Waals surface area contributed by atoms with Crippen LogP contribution >= 0.6 is 15.6 Å². The van der Waals surface area contributed by atoms with Crippen LogP contribution in [0.1, 0.15) is 336 Å². The highest BCUT2D eigenvalue weighted by Gasteiger charge is 2.30. The smallest absolute Gasteiger partial charge is 0.462 e. The first-order valence-corrected chi connectivity index (χ1v) is 42.5. The lowest BCUT2D eigenvalue weighted by Gasteiger charge is -2.21. The van der Waals surface area contributed by atoms with E-state index in [1.165, 1.54) is 64.2 Å². The Bertz CT molecular complexity index is 2270. The molecule has 0 aromatic heterocycles. The summed E-state index contributed by atoms with van der Waals surface area (Å²) in [7, 11) is -9.95. The van der Waals surface area contributed by atoms with Crippen molar-refractivity contribution in [1.82, 2.24) is 0 Å². The maximum absolute atomic E-state index is 13.1. The first kappa shape index (κ1) is 96.0. The van der Waals surface area contributed by atoms with Crippen LogP contribution in [0.3, 0.4) is 0 Å². The minimum absolute atomic E-state index is 0.0830. The average molecular weight is 1450 g/mol. The maximum Gasteiger partial charge on any atom is 0.472 e. The lowest BCUT2D eigenvalue weighted by molar-refractivity contribution is -0.161. The molecular formula is C81H142O17P2. The first-order valence-electron chi connectivity index (χ1n) is 39.5. The Labute approximate surface area is 607 Å². The van der Waals surface area contributed by atoms with Gasteiger partial charge in [-0.05, 0) is 116 Å². The van der Waals surface area contributed by atoms with E-state index < -0.39 is 97.5 Å². The Morgan fingerprint density at radius 2 is 0.530 bits per heavy atom. The Hall–Kier alpha value is -4.02. The molecule has 0 fully saturated rings. The molecule has 0 saturated carbocycles. The lowest BCUT2D eigenvalue weighted by atomic mass is 10.0. The molecule has 0 amide bonds. The number of phosphoric acid groups is 2. The van der Waals surface area contributed by atoms with Crippen LogP contribution < -0.4 is 0 Å². The predicted molar refractivity (Wildman–Crippen MR) is 409 cm³/mol. The highest BCUT2D eigenvalue weighted by molar-refractivity contribution is 7.47. The topological polar surface area (TPSA) is 237 Å². The largest absolute Gasteiger partial charge is 0.472 e. The molecular weight excluding hydrogens is 1310 g/mol. The van der Waals surface area contributed by atoms with Crippen molar-refractivity contribution in [2.75, 3.05) is 39.6 Å². The fourth-order valence-corrected chi connectivity index (χ4v) is 12.1. The van der Waals surface area contributed by atoms with E-state index in [1.54, 1.807) is 0 Å². The van der Waals surface area contributed by atoms with Crippen LogP contribution in [0.5, 0.6) is 0 Å². The van der Waals surface area contributed by atoms with Gasteiger partial charge in [-0.1, -0.05) is 292 Å². The molecule has 0 heterocycles. The summed E-state index contributed by atoms with van der Waals surface area (Å²) in [6.07, 6.45) is 76.8. The molecule has 0 rings (SSSR count). The predicted octanol–water partition coefficient (Wildman–Crippen LogP) is 22.8. The number of ether oxygens (including phenoxy) is 4. The van der Waals surface area contributed by atoms with E-state index in [2.05, 4.69) is 125 Å². The zero-order valence-corrected chi connectivity index (χ0v) is 64.9. The average Bonchev–Trinajstić information content (AvgIpc) is 0.940. The SMILES string of the molecule is CC/C=C\C/C=C\C/C=C\C/C=C\CCCCCCCCC(=O)OCC(COP(=O)(O)OCC(O)COP(=O)(O)OCC(COC(=O)CCCCCCCCC/C=C\C/C=C\C/C=C\CC)OC(=O)CCCCCCC/C=C\CCCC)OC(=O)CCCCCCCCCCCCCCC. The van der Waals surface area contributed by atoms with Crippen molar-refractivity contribution in [1.29, 1.82) is 0 Å². The summed E-state index contributed by atoms with van der Waals surface area (Å²) >= 11 is 0. The zero-order valence-electron chi connectivity index (χ0n) is 63.1. The molecule has 0 aliphatic carbocycles. The number of phosphoric ester groups is 2. The number of aliphatic hydroxyl groups is 1. The summed E-state index contributed by atoms with van der Waals surface area (Å²) in [6, 6.07) is 0. The lowest BCUT2D eigenvalue weighted by Crippen LogP contribution is -2.30. The standard InChI is InChI=1S/C81H142O17P2/c1-5-9-13-17-21-25-29-32-34-36-37-39-41-44-47-50-54-58-62-66-79(84)92-72-77(98-81(86)68-64-60-56-52-48-42-31-27-23-19-15-11-7-3)74-96-100(89,90)94-70-75(82)69-93-99(87,88)95-73-76(97-80(85)67-63-59-55-51-45-28-24-20-16-12-8-4)71-91-78(83)65-61-57-53-49-46-43-40-38-35-33-30-26-22-18-14-10-6-2/h9-10,13-14,20-22,24-26,32-35,37,39,75-77,82H,5-8,11-12,15-19,23,27-31,36,38,40-74H2,1-4H3,(H,87,88)(H,89,90)/b13-9-,14-10-,24-20-,25-21-,26-22-,34-32-,35-33-,39-37-. The number of unbranched alkanes of at least 4 members (excludes halogenated alkanes) is 32. The van der Waals surface area contributed by atoms with Crippen LogP contribution in [-0.4, -0.2) is 96.7 Å². The van der Waals surface area contributed by atoms with Gasteiger partial charge in [-0.15, -0.1) is 0 Å². The third-order valence-corrected chi connectivity index (χ3v) is 18.4. The molecule has 0 aromatic carbocycles. The summed E-state index contributed by atoms with van der Waals surface area (Å²) in [5.41, 5.74) is 0. The van der Waals surface area contributed by atoms with E-state index in [0.717, 1.165) is 193 Å². The Kier molecular flexibility index (Phi) is 70.4. The second-order valence-corrected chi connectivity index (χ2v) is 29.2. The van der Waals surface area contributed by atoms with Crippen molar-refractivity contribution >= 4 is 39.5 Å². The molecule has 0 bridgehead atoms. The summed E-state index contributed by atoms with van der Waals surface area (Å²) < 4.78 is 68.5. The van der Waals surface area contributed by atoms with Gasteiger partial charge in [-0.25, -0.2) is 9.13 Å². The third kappa shape index (κ3) is 72.3. The minimum Gasteiger partial charge on any atom is -0.462 e. The normalized spacial score (nSPS) is 14.4. The number of hydrogen-bond donors (Lipinski definition) is 3. The molecule has 578 valence electrons. The van der Waals surface area contributed by atoms with Crippen LogP contribution in [0.25, 0.3) is 0 Å². The number of hydrogen-bond acceptors (Lipinski definition) is 15. The van der Waals surface area contributed by atoms with E-state index in [9.17, 15) is 43.2 Å². The molecule has 100 heavy (non-hydrogen) atoms. The quantitative estimate of drug-likeness (QED) is 0.0169. The minimum atomic E-state index is -4.98. The maximum atomic E-state index is 13.1. The van der Waals surface area contributed by atoms with Crippen molar-refractivity contribution in [3.8, 4) is 0 Å². The fourth-order valence-electron chi connectivity index (χ4n) is 10.6. The van der Waals surface area contributed by atoms with Gasteiger partial charge in [0.1, 0.15) is 19.3 Å². The van der Waals surface area contributed by atoms with Gasteiger partial charge in [-0.3, -0.25) is 37.3 Å². The molecule has 0 aromatic rings. The molecule has 0 radical (unpaired) electrons. The van der Waals surface area contributed by atoms with E-state index in [1.807, 2.05) is 0 Å². The number of esters is 4. The Balaban J connectivity index is 5.30. The van der Waals surface area contributed by atoms with Gasteiger partial charge in [0, 0.05) is 25.7 Å². The molecule has 5 unspecified atom stereocenters.